The zero-order valence-electron chi connectivity index (χ0n) is 5.98. The molecule has 0 unspecified atom stereocenters. The fraction of sp³-hybridized carbons (Fsp3) is 0.167. The molecule has 1 aromatic rings. The maximum atomic E-state index is 11.6. The molecule has 0 saturated heterocycles. The maximum Gasteiger partial charge on any atom is 0.574 e. The Balaban J connectivity index is 2.96. The van der Waals surface area contributed by atoms with Gasteiger partial charge in [-0.1, -0.05) is 15.9 Å². The minimum atomic E-state index is -4.80. The summed E-state index contributed by atoms with van der Waals surface area (Å²) in [6.07, 6.45) is -4.80. The lowest BCUT2D eigenvalue weighted by Crippen LogP contribution is -2.19. The van der Waals surface area contributed by atoms with E-state index in [2.05, 4.69) is 20.7 Å². The molecular weight excluding hydrogens is 255 g/mol. The Morgan fingerprint density at radius 3 is 2.46 bits per heavy atom. The van der Waals surface area contributed by atoms with Crippen molar-refractivity contribution in [3.63, 3.8) is 0 Å². The first-order valence-corrected chi connectivity index (χ1v) is 3.82. The lowest BCUT2D eigenvalue weighted by Gasteiger charge is -2.07. The van der Waals surface area contributed by atoms with E-state index in [0.717, 1.165) is 12.1 Å². The van der Waals surface area contributed by atoms with Crippen molar-refractivity contribution in [1.82, 2.24) is 4.98 Å². The van der Waals surface area contributed by atoms with E-state index < -0.39 is 17.8 Å². The number of nitrogens with one attached hydrogen (secondary N) is 1. The highest BCUT2D eigenvalue weighted by Gasteiger charge is 2.31. The van der Waals surface area contributed by atoms with Gasteiger partial charge in [0, 0.05) is 16.6 Å². The third kappa shape index (κ3) is 3.49. The van der Waals surface area contributed by atoms with E-state index in [9.17, 15) is 18.0 Å². The molecule has 0 radical (unpaired) electrons. The highest BCUT2D eigenvalue weighted by Crippen LogP contribution is 2.21. The molecule has 0 fully saturated rings. The average Bonchev–Trinajstić information content (AvgIpc) is 1.78. The molecule has 0 amide bonds. The normalized spacial score (nSPS) is 11.4. The first-order valence-electron chi connectivity index (χ1n) is 3.02. The second kappa shape index (κ2) is 3.41. The molecule has 0 aliphatic rings. The van der Waals surface area contributed by atoms with Gasteiger partial charge in [-0.05, 0) is 0 Å². The van der Waals surface area contributed by atoms with E-state index in [4.69, 9.17) is 0 Å². The third-order valence-corrected chi connectivity index (χ3v) is 1.47. The van der Waals surface area contributed by atoms with Gasteiger partial charge in [0.05, 0.1) is 0 Å². The van der Waals surface area contributed by atoms with Crippen LogP contribution in [0.3, 0.4) is 0 Å². The second-order valence-corrected chi connectivity index (χ2v) is 2.99. The van der Waals surface area contributed by atoms with Gasteiger partial charge < -0.3 is 4.74 Å². The van der Waals surface area contributed by atoms with Crippen molar-refractivity contribution in [2.24, 2.45) is 0 Å². The lowest BCUT2D eigenvalue weighted by atomic mass is 10.5. The molecule has 1 rings (SSSR count). The highest BCUT2D eigenvalue weighted by atomic mass is 79.9. The molecule has 1 aromatic heterocycles. The van der Waals surface area contributed by atoms with Crippen LogP contribution in [0.4, 0.5) is 13.2 Å². The Bertz CT molecular complexity index is 360. The predicted molar refractivity (Wildman–Crippen MR) is 41.4 cm³/mol. The van der Waals surface area contributed by atoms with Gasteiger partial charge in [-0.25, -0.2) is 0 Å². The van der Waals surface area contributed by atoms with E-state index in [1.54, 1.807) is 0 Å². The van der Waals surface area contributed by atoms with Crippen molar-refractivity contribution < 1.29 is 17.9 Å². The maximum absolute atomic E-state index is 11.6. The molecule has 0 aromatic carbocycles. The van der Waals surface area contributed by atoms with Crippen LogP contribution in [0.15, 0.2) is 21.4 Å². The third-order valence-electron chi connectivity index (χ3n) is 1.01. The molecule has 0 saturated carbocycles. The Morgan fingerprint density at radius 2 is 2.00 bits per heavy atom. The Labute approximate surface area is 78.7 Å². The largest absolute Gasteiger partial charge is 0.574 e. The quantitative estimate of drug-likeness (QED) is 0.837. The van der Waals surface area contributed by atoms with E-state index in [-0.39, 0.29) is 4.47 Å². The van der Waals surface area contributed by atoms with Crippen molar-refractivity contribution in [1.29, 1.82) is 0 Å². The van der Waals surface area contributed by atoms with Crippen LogP contribution in [0, 0.1) is 0 Å². The molecule has 13 heavy (non-hydrogen) atoms. The van der Waals surface area contributed by atoms with E-state index in [0.29, 0.717) is 0 Å². The number of halogens is 4. The van der Waals surface area contributed by atoms with Crippen LogP contribution in [0.1, 0.15) is 0 Å². The summed E-state index contributed by atoms with van der Waals surface area (Å²) in [6.45, 7) is 0. The number of hydrogen-bond acceptors (Lipinski definition) is 2. The van der Waals surface area contributed by atoms with Gasteiger partial charge in [-0.15, -0.1) is 13.2 Å². The first kappa shape index (κ1) is 10.1. The summed E-state index contributed by atoms with van der Waals surface area (Å²) in [6, 6.07) is 2.10. The molecule has 0 atom stereocenters. The molecule has 1 heterocycles. The molecule has 0 aliphatic carbocycles. The number of hydrogen-bond donors (Lipinski definition) is 1. The summed E-state index contributed by atoms with van der Waals surface area (Å²) in [7, 11) is 0. The minimum Gasteiger partial charge on any atom is -0.390 e. The molecule has 0 aliphatic heterocycles. The number of H-pyrrole nitrogens is 1. The Hall–Kier alpha value is -0.980. The molecule has 0 bridgehead atoms. The summed E-state index contributed by atoms with van der Waals surface area (Å²) >= 11 is 2.85. The van der Waals surface area contributed by atoms with E-state index in [1.807, 2.05) is 4.98 Å². The van der Waals surface area contributed by atoms with Gasteiger partial charge in [-0.3, -0.25) is 9.78 Å². The zero-order chi connectivity index (χ0) is 10.1. The summed E-state index contributed by atoms with van der Waals surface area (Å²) in [4.78, 5) is 12.5. The number of aromatic nitrogens is 1. The molecular formula is C6H3BrF3NO2. The highest BCUT2D eigenvalue weighted by molar-refractivity contribution is 9.10. The second-order valence-electron chi connectivity index (χ2n) is 2.07. The number of pyridine rings is 1. The number of alkyl halides is 3. The standard InChI is InChI=1S/C6H3BrF3NO2/c7-3-1-4(12)11-5(2-3)13-6(8,9)10/h1-2H,(H,11,12). The van der Waals surface area contributed by atoms with Gasteiger partial charge in [0.15, 0.2) is 0 Å². The number of rotatable bonds is 1. The Kier molecular flexibility index (Phi) is 2.65. The van der Waals surface area contributed by atoms with Crippen LogP contribution in [0.25, 0.3) is 0 Å². The molecule has 72 valence electrons. The van der Waals surface area contributed by atoms with E-state index in [1.165, 1.54) is 0 Å². The topological polar surface area (TPSA) is 42.1 Å². The van der Waals surface area contributed by atoms with Crippen LogP contribution < -0.4 is 10.3 Å². The van der Waals surface area contributed by atoms with Crippen LogP contribution in [-0.2, 0) is 0 Å². The van der Waals surface area contributed by atoms with Crippen molar-refractivity contribution in [2.45, 2.75) is 6.36 Å². The van der Waals surface area contributed by atoms with Crippen LogP contribution in [0.5, 0.6) is 5.88 Å². The van der Waals surface area contributed by atoms with Gasteiger partial charge in [0.1, 0.15) is 0 Å². The van der Waals surface area contributed by atoms with Crippen molar-refractivity contribution in [2.75, 3.05) is 0 Å². The SMILES string of the molecule is O=c1cc(Br)cc(OC(F)(F)F)[nH]1. The fourth-order valence-corrected chi connectivity index (χ4v) is 1.08. The van der Waals surface area contributed by atoms with Gasteiger partial charge in [0.2, 0.25) is 5.88 Å². The minimum absolute atomic E-state index is 0.218. The smallest absolute Gasteiger partial charge is 0.390 e. The predicted octanol–water partition coefficient (Wildman–Crippen LogP) is 2.04. The number of aromatic amines is 1. The molecule has 1 N–H and O–H groups in total. The first-order chi connectivity index (χ1) is 5.87. The van der Waals surface area contributed by atoms with Crippen molar-refractivity contribution >= 4 is 15.9 Å². The molecule has 3 nitrogen and oxygen atoms in total. The van der Waals surface area contributed by atoms with Gasteiger partial charge in [-0.2, -0.15) is 0 Å². The van der Waals surface area contributed by atoms with Gasteiger partial charge >= 0.3 is 6.36 Å². The Morgan fingerprint density at radius 1 is 1.38 bits per heavy atom. The van der Waals surface area contributed by atoms with E-state index >= 15 is 0 Å². The zero-order valence-corrected chi connectivity index (χ0v) is 7.57. The summed E-state index contributed by atoms with van der Waals surface area (Å²) < 4.78 is 38.6. The van der Waals surface area contributed by atoms with Crippen LogP contribution >= 0.6 is 15.9 Å². The monoisotopic (exact) mass is 257 g/mol. The lowest BCUT2D eigenvalue weighted by molar-refractivity contribution is -0.276. The summed E-state index contributed by atoms with van der Waals surface area (Å²) in [5.41, 5.74) is -0.673. The molecule has 0 spiro atoms. The summed E-state index contributed by atoms with van der Waals surface area (Å²) in [5, 5.41) is 0. The van der Waals surface area contributed by atoms with Crippen LogP contribution in [-0.4, -0.2) is 11.3 Å². The fourth-order valence-electron chi connectivity index (χ4n) is 0.665. The number of ether oxygens (including phenoxy) is 1. The van der Waals surface area contributed by atoms with Crippen molar-refractivity contribution in [3.05, 3.63) is 27.0 Å². The van der Waals surface area contributed by atoms with Gasteiger partial charge in [0.25, 0.3) is 5.56 Å². The average molecular weight is 258 g/mol. The molecule has 7 heteroatoms. The summed E-state index contributed by atoms with van der Waals surface area (Å²) in [5.74, 6) is -0.646. The van der Waals surface area contributed by atoms with Crippen LogP contribution in [0.2, 0.25) is 0 Å². The van der Waals surface area contributed by atoms with Crippen molar-refractivity contribution in [3.8, 4) is 5.88 Å².